The second-order valence-electron chi connectivity index (χ2n) is 6.66. The zero-order valence-electron chi connectivity index (χ0n) is 15.1. The summed E-state index contributed by atoms with van der Waals surface area (Å²) in [5, 5.41) is 14.9. The van der Waals surface area contributed by atoms with Crippen LogP contribution in [0, 0.1) is 0 Å². The quantitative estimate of drug-likeness (QED) is 0.686. The van der Waals surface area contributed by atoms with E-state index in [0.717, 1.165) is 24.3 Å². The molecule has 6 nitrogen and oxygen atoms in total. The van der Waals surface area contributed by atoms with Crippen molar-refractivity contribution in [3.63, 3.8) is 0 Å². The molecule has 140 valence electrons. The average Bonchev–Trinajstić information content (AvgIpc) is 3.39. The fourth-order valence-electron chi connectivity index (χ4n) is 3.21. The van der Waals surface area contributed by atoms with Crippen molar-refractivity contribution >= 4 is 28.6 Å². The first kappa shape index (κ1) is 17.7. The predicted octanol–water partition coefficient (Wildman–Crippen LogP) is 4.36. The Kier molecular flexibility index (Phi) is 5.48. The summed E-state index contributed by atoms with van der Waals surface area (Å²) in [5.74, 6) is 0.919. The monoisotopic (exact) mass is 382 g/mol. The topological polar surface area (TPSA) is 71.3 Å². The maximum absolute atomic E-state index is 12.2. The van der Waals surface area contributed by atoms with Gasteiger partial charge in [-0.2, -0.15) is 11.3 Å². The molecule has 0 bridgehead atoms. The number of benzene rings is 1. The molecule has 4 rings (SSSR count). The zero-order valence-corrected chi connectivity index (χ0v) is 15.9. The van der Waals surface area contributed by atoms with Crippen LogP contribution in [0.15, 0.2) is 45.5 Å². The molecule has 1 aliphatic heterocycles. The minimum atomic E-state index is -0.0593. The Morgan fingerprint density at radius 2 is 1.93 bits per heavy atom. The summed E-state index contributed by atoms with van der Waals surface area (Å²) in [6.45, 7) is 2.23. The molecule has 1 saturated heterocycles. The molecule has 0 spiro atoms. The van der Waals surface area contributed by atoms with Gasteiger partial charge in [-0.3, -0.25) is 4.79 Å². The third-order valence-corrected chi connectivity index (χ3v) is 5.36. The summed E-state index contributed by atoms with van der Waals surface area (Å²) in [6.07, 6.45) is 4.55. The van der Waals surface area contributed by atoms with Crippen LogP contribution in [-0.2, 0) is 11.2 Å². The van der Waals surface area contributed by atoms with Crippen LogP contribution in [0.3, 0.4) is 0 Å². The summed E-state index contributed by atoms with van der Waals surface area (Å²) in [6, 6.07) is 10.0. The summed E-state index contributed by atoms with van der Waals surface area (Å²) in [4.78, 5) is 14.6. The lowest BCUT2D eigenvalue weighted by molar-refractivity contribution is -0.116. The number of hydrogen-bond acceptors (Lipinski definition) is 6. The fourth-order valence-corrected chi connectivity index (χ4v) is 3.84. The van der Waals surface area contributed by atoms with Gasteiger partial charge in [-0.05, 0) is 55.0 Å². The van der Waals surface area contributed by atoms with Crippen molar-refractivity contribution in [1.29, 1.82) is 0 Å². The second-order valence-corrected chi connectivity index (χ2v) is 7.44. The van der Waals surface area contributed by atoms with Crippen molar-refractivity contribution < 1.29 is 9.21 Å². The van der Waals surface area contributed by atoms with Crippen molar-refractivity contribution in [1.82, 2.24) is 10.2 Å². The lowest BCUT2D eigenvalue weighted by Gasteiger charge is -2.28. The van der Waals surface area contributed by atoms with Crippen LogP contribution in [-0.4, -0.2) is 29.2 Å². The maximum atomic E-state index is 12.2. The standard InChI is InChI=1S/C20H22N4O2S/c25-18(8-9-19-22-23-20(26-19)15-10-13-27-14-15)21-16-4-6-17(7-5-16)24-11-2-1-3-12-24/h4-7,10,13-14H,1-3,8-9,11-12H2,(H,21,25). The van der Waals surface area contributed by atoms with Crippen molar-refractivity contribution in [3.8, 4) is 11.5 Å². The van der Waals surface area contributed by atoms with E-state index in [2.05, 4.69) is 32.5 Å². The first-order valence-electron chi connectivity index (χ1n) is 9.28. The van der Waals surface area contributed by atoms with Crippen molar-refractivity contribution in [3.05, 3.63) is 47.0 Å². The smallest absolute Gasteiger partial charge is 0.248 e. The van der Waals surface area contributed by atoms with Gasteiger partial charge in [0.05, 0.1) is 0 Å². The lowest BCUT2D eigenvalue weighted by Crippen LogP contribution is -2.29. The Hall–Kier alpha value is -2.67. The summed E-state index contributed by atoms with van der Waals surface area (Å²) in [7, 11) is 0. The minimum absolute atomic E-state index is 0.0593. The number of aromatic nitrogens is 2. The second kappa shape index (κ2) is 8.35. The largest absolute Gasteiger partial charge is 0.421 e. The Labute approximate surface area is 162 Å². The van der Waals surface area contributed by atoms with E-state index in [0.29, 0.717) is 24.6 Å². The number of piperidine rings is 1. The van der Waals surface area contributed by atoms with Crippen LogP contribution in [0.5, 0.6) is 0 Å². The molecule has 27 heavy (non-hydrogen) atoms. The highest BCUT2D eigenvalue weighted by molar-refractivity contribution is 7.08. The summed E-state index contributed by atoms with van der Waals surface area (Å²) in [5.41, 5.74) is 2.95. The Morgan fingerprint density at radius 1 is 1.11 bits per heavy atom. The lowest BCUT2D eigenvalue weighted by atomic mass is 10.1. The first-order chi connectivity index (χ1) is 13.3. The molecule has 3 aromatic rings. The van der Waals surface area contributed by atoms with E-state index >= 15 is 0 Å². The molecule has 0 saturated carbocycles. The van der Waals surface area contributed by atoms with Gasteiger partial charge in [0.2, 0.25) is 17.7 Å². The minimum Gasteiger partial charge on any atom is -0.421 e. The highest BCUT2D eigenvalue weighted by Gasteiger charge is 2.12. The van der Waals surface area contributed by atoms with E-state index in [4.69, 9.17) is 4.42 Å². The average molecular weight is 382 g/mol. The molecular formula is C20H22N4O2S. The van der Waals surface area contributed by atoms with Crippen LogP contribution in [0.25, 0.3) is 11.5 Å². The van der Waals surface area contributed by atoms with Crippen LogP contribution in [0.4, 0.5) is 11.4 Å². The summed E-state index contributed by atoms with van der Waals surface area (Å²) < 4.78 is 5.61. The molecule has 7 heteroatoms. The van der Waals surface area contributed by atoms with Crippen LogP contribution >= 0.6 is 11.3 Å². The van der Waals surface area contributed by atoms with Crippen molar-refractivity contribution in [2.24, 2.45) is 0 Å². The van der Waals surface area contributed by atoms with E-state index in [1.54, 1.807) is 11.3 Å². The van der Waals surface area contributed by atoms with Crippen molar-refractivity contribution in [2.75, 3.05) is 23.3 Å². The Balaban J connectivity index is 1.28. The molecule has 2 aromatic heterocycles. The van der Waals surface area contributed by atoms with Gasteiger partial charge < -0.3 is 14.6 Å². The number of carbonyl (C=O) groups is 1. The molecule has 1 amide bonds. The van der Waals surface area contributed by atoms with Gasteiger partial charge >= 0.3 is 0 Å². The third-order valence-electron chi connectivity index (χ3n) is 4.67. The van der Waals surface area contributed by atoms with Gasteiger partial charge in [0.25, 0.3) is 0 Å². The molecule has 1 N–H and O–H groups in total. The van der Waals surface area contributed by atoms with Crippen molar-refractivity contribution in [2.45, 2.75) is 32.1 Å². The normalized spacial score (nSPS) is 14.3. The number of nitrogens with one attached hydrogen (secondary N) is 1. The molecule has 1 aromatic carbocycles. The van der Waals surface area contributed by atoms with Crippen LogP contribution < -0.4 is 10.2 Å². The van der Waals surface area contributed by atoms with Gasteiger partial charge in [-0.25, -0.2) is 0 Å². The molecule has 0 aliphatic carbocycles. The van der Waals surface area contributed by atoms with Gasteiger partial charge in [-0.1, -0.05) is 0 Å². The van der Waals surface area contributed by atoms with Gasteiger partial charge in [0, 0.05) is 48.2 Å². The molecule has 1 fully saturated rings. The fraction of sp³-hybridized carbons (Fsp3) is 0.350. The first-order valence-corrected chi connectivity index (χ1v) is 10.2. The molecule has 0 radical (unpaired) electrons. The molecule has 0 atom stereocenters. The maximum Gasteiger partial charge on any atom is 0.248 e. The Morgan fingerprint density at radius 3 is 2.67 bits per heavy atom. The molecular weight excluding hydrogens is 360 g/mol. The van der Waals surface area contributed by atoms with E-state index in [-0.39, 0.29) is 5.91 Å². The third kappa shape index (κ3) is 4.54. The van der Waals surface area contributed by atoms with Gasteiger partial charge in [0.15, 0.2) is 0 Å². The molecule has 1 aliphatic rings. The SMILES string of the molecule is O=C(CCc1nnc(-c2ccsc2)o1)Nc1ccc(N2CCCCC2)cc1. The number of thiophene rings is 1. The molecule has 3 heterocycles. The molecule has 0 unspecified atom stereocenters. The number of anilines is 2. The number of rotatable bonds is 6. The van der Waals surface area contributed by atoms with Crippen LogP contribution in [0.2, 0.25) is 0 Å². The van der Waals surface area contributed by atoms with Gasteiger partial charge in [-0.15, -0.1) is 10.2 Å². The predicted molar refractivity (Wildman–Crippen MR) is 107 cm³/mol. The number of aryl methyl sites for hydroxylation is 1. The summed E-state index contributed by atoms with van der Waals surface area (Å²) >= 11 is 1.58. The number of hydrogen-bond donors (Lipinski definition) is 1. The van der Waals surface area contributed by atoms with E-state index in [1.807, 2.05) is 29.0 Å². The van der Waals surface area contributed by atoms with Gasteiger partial charge in [0.1, 0.15) is 0 Å². The number of amides is 1. The highest BCUT2D eigenvalue weighted by Crippen LogP contribution is 2.23. The van der Waals surface area contributed by atoms with E-state index in [1.165, 1.54) is 24.9 Å². The number of nitrogens with zero attached hydrogens (tertiary/aromatic N) is 3. The Bertz CT molecular complexity index is 868. The zero-order chi connectivity index (χ0) is 18.5. The van der Waals surface area contributed by atoms with E-state index < -0.39 is 0 Å². The number of carbonyl (C=O) groups excluding carboxylic acids is 1. The highest BCUT2D eigenvalue weighted by atomic mass is 32.1. The van der Waals surface area contributed by atoms with E-state index in [9.17, 15) is 4.79 Å². The van der Waals surface area contributed by atoms with Crippen LogP contribution in [0.1, 0.15) is 31.6 Å².